The van der Waals surface area contributed by atoms with Crippen molar-refractivity contribution >= 4 is 11.5 Å². The van der Waals surface area contributed by atoms with E-state index in [4.69, 9.17) is 15.2 Å². The van der Waals surface area contributed by atoms with Crippen molar-refractivity contribution in [2.75, 3.05) is 38.0 Å². The molecule has 21 heavy (non-hydrogen) atoms. The predicted molar refractivity (Wildman–Crippen MR) is 79.6 cm³/mol. The second kappa shape index (κ2) is 6.77. The maximum atomic E-state index is 12.0. The molecule has 8 heteroatoms. The second-order valence-corrected chi connectivity index (χ2v) is 5.22. The van der Waals surface area contributed by atoms with Crippen LogP contribution in [0, 0.1) is 5.92 Å². The summed E-state index contributed by atoms with van der Waals surface area (Å²) in [5.41, 5.74) is 5.16. The fourth-order valence-electron chi connectivity index (χ4n) is 2.42. The number of nitrogen functional groups attached to an aromatic ring is 1. The number of nitrogens with two attached hydrogens (primary N) is 1. The van der Waals surface area contributed by atoms with Crippen LogP contribution in [-0.2, 0) is 16.0 Å². The third kappa shape index (κ3) is 3.45. The Morgan fingerprint density at radius 2 is 2.33 bits per heavy atom. The fourth-order valence-corrected chi connectivity index (χ4v) is 2.42. The van der Waals surface area contributed by atoms with E-state index >= 15 is 0 Å². The number of hydrogen-bond donors (Lipinski definition) is 3. The van der Waals surface area contributed by atoms with E-state index < -0.39 is 11.2 Å². The van der Waals surface area contributed by atoms with Crippen LogP contribution in [0.3, 0.4) is 0 Å². The molecule has 0 aromatic carbocycles. The summed E-state index contributed by atoms with van der Waals surface area (Å²) in [6, 6.07) is 0.0317. The highest BCUT2D eigenvalue weighted by molar-refractivity contribution is 5.60. The zero-order valence-corrected chi connectivity index (χ0v) is 12.3. The first-order chi connectivity index (χ1) is 10.0. The van der Waals surface area contributed by atoms with Crippen molar-refractivity contribution in [3.63, 3.8) is 0 Å². The Labute approximate surface area is 122 Å². The van der Waals surface area contributed by atoms with Crippen LogP contribution in [0.2, 0.25) is 0 Å². The summed E-state index contributed by atoms with van der Waals surface area (Å²) >= 11 is 0. The van der Waals surface area contributed by atoms with Crippen LogP contribution in [0.5, 0.6) is 0 Å². The zero-order valence-electron chi connectivity index (χ0n) is 12.3. The molecule has 0 bridgehead atoms. The molecule has 4 N–H and O–H groups in total. The Kier molecular flexibility index (Phi) is 5.03. The molecule has 1 aliphatic heterocycles. The highest BCUT2D eigenvalue weighted by atomic mass is 16.5. The van der Waals surface area contributed by atoms with Crippen LogP contribution in [0.4, 0.5) is 11.5 Å². The second-order valence-electron chi connectivity index (χ2n) is 5.22. The molecule has 1 saturated heterocycles. The normalized spacial score (nSPS) is 19.6. The van der Waals surface area contributed by atoms with Gasteiger partial charge < -0.3 is 20.5 Å². The highest BCUT2D eigenvalue weighted by Gasteiger charge is 2.24. The number of H-pyrrole nitrogens is 1. The minimum atomic E-state index is -0.531. The topological polar surface area (TPSA) is 111 Å². The smallest absolute Gasteiger partial charge is 0.330 e. The SMILES string of the molecule is COCCn1c(N)c(NC(C)C2CCOC2)c(=O)[nH]c1=O. The van der Waals surface area contributed by atoms with Gasteiger partial charge in [0.05, 0.1) is 19.8 Å². The molecule has 0 amide bonds. The summed E-state index contributed by atoms with van der Waals surface area (Å²) in [6.07, 6.45) is 0.940. The lowest BCUT2D eigenvalue weighted by atomic mass is 10.0. The third-order valence-electron chi connectivity index (χ3n) is 3.80. The minimum Gasteiger partial charge on any atom is -0.383 e. The summed E-state index contributed by atoms with van der Waals surface area (Å²) in [4.78, 5) is 26.0. The summed E-state index contributed by atoms with van der Waals surface area (Å²) in [7, 11) is 1.54. The van der Waals surface area contributed by atoms with Gasteiger partial charge in [-0.05, 0) is 13.3 Å². The van der Waals surface area contributed by atoms with Gasteiger partial charge in [-0.1, -0.05) is 0 Å². The molecule has 1 aromatic heterocycles. The molecular formula is C13H22N4O4. The lowest BCUT2D eigenvalue weighted by molar-refractivity contribution is 0.183. The van der Waals surface area contributed by atoms with Crippen molar-refractivity contribution < 1.29 is 9.47 Å². The summed E-state index contributed by atoms with van der Waals surface area (Å²) in [5.74, 6) is 0.453. The Balaban J connectivity index is 2.25. The molecule has 0 radical (unpaired) electrons. The minimum absolute atomic E-state index is 0.0317. The van der Waals surface area contributed by atoms with Crippen molar-refractivity contribution in [2.45, 2.75) is 25.9 Å². The molecule has 2 atom stereocenters. The molecule has 8 nitrogen and oxygen atoms in total. The number of rotatable bonds is 6. The number of nitrogens with one attached hydrogen (secondary N) is 2. The van der Waals surface area contributed by atoms with Gasteiger partial charge in [0, 0.05) is 25.7 Å². The van der Waals surface area contributed by atoms with Crippen LogP contribution in [0.15, 0.2) is 9.59 Å². The van der Waals surface area contributed by atoms with Gasteiger partial charge in [-0.2, -0.15) is 0 Å². The summed E-state index contributed by atoms with van der Waals surface area (Å²) in [6.45, 7) is 3.99. The third-order valence-corrected chi connectivity index (χ3v) is 3.80. The van der Waals surface area contributed by atoms with Crippen LogP contribution in [0.1, 0.15) is 13.3 Å². The van der Waals surface area contributed by atoms with Gasteiger partial charge in [-0.3, -0.25) is 14.3 Å². The number of aromatic nitrogens is 2. The van der Waals surface area contributed by atoms with Gasteiger partial charge in [0.2, 0.25) is 0 Å². The first-order valence-corrected chi connectivity index (χ1v) is 7.00. The van der Waals surface area contributed by atoms with E-state index in [1.807, 2.05) is 6.92 Å². The van der Waals surface area contributed by atoms with Crippen molar-refractivity contribution in [2.24, 2.45) is 5.92 Å². The highest BCUT2D eigenvalue weighted by Crippen LogP contribution is 2.20. The van der Waals surface area contributed by atoms with Gasteiger partial charge in [-0.25, -0.2) is 4.79 Å². The van der Waals surface area contributed by atoms with Gasteiger partial charge in [0.15, 0.2) is 0 Å². The Hall–Kier alpha value is -1.80. The monoisotopic (exact) mass is 298 g/mol. The van der Waals surface area contributed by atoms with Crippen LogP contribution < -0.4 is 22.3 Å². The van der Waals surface area contributed by atoms with E-state index in [0.29, 0.717) is 19.1 Å². The average Bonchev–Trinajstić information content (AvgIpc) is 2.97. The number of methoxy groups -OCH3 is 1. The van der Waals surface area contributed by atoms with E-state index in [2.05, 4.69) is 10.3 Å². The van der Waals surface area contributed by atoms with E-state index in [9.17, 15) is 9.59 Å². The molecular weight excluding hydrogens is 276 g/mol. The van der Waals surface area contributed by atoms with Crippen molar-refractivity contribution in [1.29, 1.82) is 0 Å². The Morgan fingerprint density at radius 1 is 1.57 bits per heavy atom. The van der Waals surface area contributed by atoms with Crippen LogP contribution >= 0.6 is 0 Å². The number of aromatic amines is 1. The Morgan fingerprint density at radius 3 is 2.95 bits per heavy atom. The molecule has 1 aromatic rings. The molecule has 1 fully saturated rings. The predicted octanol–water partition coefficient (Wildman–Crippen LogP) is -0.398. The number of anilines is 2. The van der Waals surface area contributed by atoms with Crippen molar-refractivity contribution in [3.8, 4) is 0 Å². The first-order valence-electron chi connectivity index (χ1n) is 7.00. The largest absolute Gasteiger partial charge is 0.383 e. The zero-order chi connectivity index (χ0) is 15.4. The Bertz CT molecular complexity index is 589. The standard InChI is InChI=1S/C13H22N4O4/c1-8(9-3-5-21-7-9)15-10-11(14)17(4-6-20-2)13(19)16-12(10)18/h8-9,15H,3-7,14H2,1-2H3,(H,16,18,19). The molecule has 118 valence electrons. The summed E-state index contributed by atoms with van der Waals surface area (Å²) in [5, 5.41) is 3.12. The van der Waals surface area contributed by atoms with Crippen LogP contribution in [0.25, 0.3) is 0 Å². The fraction of sp³-hybridized carbons (Fsp3) is 0.692. The molecule has 0 aliphatic carbocycles. The first kappa shape index (κ1) is 15.6. The molecule has 0 spiro atoms. The maximum Gasteiger partial charge on any atom is 0.330 e. The quantitative estimate of drug-likeness (QED) is 0.659. The van der Waals surface area contributed by atoms with E-state index in [-0.39, 0.29) is 24.1 Å². The number of hydrogen-bond acceptors (Lipinski definition) is 6. The lowest BCUT2D eigenvalue weighted by Crippen LogP contribution is -2.37. The number of nitrogens with zero attached hydrogens (tertiary/aromatic N) is 1. The average molecular weight is 298 g/mol. The van der Waals surface area contributed by atoms with Gasteiger partial charge in [-0.15, -0.1) is 0 Å². The van der Waals surface area contributed by atoms with Crippen molar-refractivity contribution in [1.82, 2.24) is 9.55 Å². The van der Waals surface area contributed by atoms with Gasteiger partial charge in [0.25, 0.3) is 5.56 Å². The van der Waals surface area contributed by atoms with Crippen molar-refractivity contribution in [3.05, 3.63) is 20.8 Å². The van der Waals surface area contributed by atoms with Crippen LogP contribution in [-0.4, -0.2) is 42.5 Å². The number of ether oxygens (including phenoxy) is 2. The van der Waals surface area contributed by atoms with E-state index in [0.717, 1.165) is 13.0 Å². The summed E-state index contributed by atoms with van der Waals surface area (Å²) < 4.78 is 11.6. The molecule has 2 unspecified atom stereocenters. The molecule has 1 aliphatic rings. The molecule has 0 saturated carbocycles. The van der Waals surface area contributed by atoms with E-state index in [1.165, 1.54) is 11.7 Å². The lowest BCUT2D eigenvalue weighted by Gasteiger charge is -2.21. The van der Waals surface area contributed by atoms with Gasteiger partial charge >= 0.3 is 5.69 Å². The van der Waals surface area contributed by atoms with Gasteiger partial charge in [0.1, 0.15) is 11.5 Å². The maximum absolute atomic E-state index is 12.0. The molecule has 2 rings (SSSR count). The molecule has 2 heterocycles. The van der Waals surface area contributed by atoms with E-state index in [1.54, 1.807) is 0 Å².